The standard InChI is InChI=1S/C13H17NO2S2/c1-3-14(4-2)13(17)18-11-8-6-5-7-10(11)9-12(15)16/h5-8H,3-4,9H2,1-2H3,(H,15,16). The van der Waals surface area contributed by atoms with E-state index in [1.165, 1.54) is 11.8 Å². The van der Waals surface area contributed by atoms with Gasteiger partial charge in [-0.3, -0.25) is 4.79 Å². The van der Waals surface area contributed by atoms with Crippen LogP contribution in [0.5, 0.6) is 0 Å². The Morgan fingerprint density at radius 2 is 1.94 bits per heavy atom. The van der Waals surface area contributed by atoms with E-state index in [0.29, 0.717) is 0 Å². The Balaban J connectivity index is 2.83. The number of rotatable bonds is 5. The van der Waals surface area contributed by atoms with Crippen molar-refractivity contribution in [2.45, 2.75) is 25.2 Å². The molecular weight excluding hydrogens is 266 g/mol. The summed E-state index contributed by atoms with van der Waals surface area (Å²) in [5.74, 6) is -0.822. The second-order valence-electron chi connectivity index (χ2n) is 3.72. The molecule has 0 amide bonds. The molecule has 0 saturated heterocycles. The Hall–Kier alpha value is -1.07. The number of carbonyl (C=O) groups is 1. The van der Waals surface area contributed by atoms with Crippen molar-refractivity contribution in [1.29, 1.82) is 0 Å². The minimum absolute atomic E-state index is 0.0318. The molecule has 0 aromatic heterocycles. The zero-order valence-electron chi connectivity index (χ0n) is 10.5. The molecule has 3 nitrogen and oxygen atoms in total. The van der Waals surface area contributed by atoms with E-state index in [-0.39, 0.29) is 6.42 Å². The minimum Gasteiger partial charge on any atom is -0.481 e. The van der Waals surface area contributed by atoms with Crippen LogP contribution >= 0.6 is 24.0 Å². The fraction of sp³-hybridized carbons (Fsp3) is 0.385. The number of hydrogen-bond donors (Lipinski definition) is 1. The van der Waals surface area contributed by atoms with E-state index < -0.39 is 5.97 Å². The topological polar surface area (TPSA) is 40.5 Å². The number of thioether (sulfide) groups is 1. The molecule has 0 aliphatic heterocycles. The molecule has 0 bridgehead atoms. The van der Waals surface area contributed by atoms with Gasteiger partial charge in [0, 0.05) is 18.0 Å². The number of thiocarbonyl (C=S) groups is 1. The molecule has 0 atom stereocenters. The van der Waals surface area contributed by atoms with E-state index in [2.05, 4.69) is 18.7 Å². The second kappa shape index (κ2) is 7.38. The molecular formula is C13H17NO2S2. The maximum Gasteiger partial charge on any atom is 0.307 e. The number of nitrogens with zero attached hydrogens (tertiary/aromatic N) is 1. The molecule has 18 heavy (non-hydrogen) atoms. The molecule has 0 unspecified atom stereocenters. The van der Waals surface area contributed by atoms with Gasteiger partial charge in [-0.2, -0.15) is 0 Å². The van der Waals surface area contributed by atoms with Crippen LogP contribution in [-0.2, 0) is 11.2 Å². The fourth-order valence-electron chi connectivity index (χ4n) is 1.55. The maximum atomic E-state index is 10.8. The lowest BCUT2D eigenvalue weighted by molar-refractivity contribution is -0.136. The van der Waals surface area contributed by atoms with Crippen molar-refractivity contribution in [3.8, 4) is 0 Å². The summed E-state index contributed by atoms with van der Waals surface area (Å²) in [6.07, 6.45) is 0.0318. The molecule has 0 fully saturated rings. The first kappa shape index (κ1) is 15.0. The van der Waals surface area contributed by atoms with Gasteiger partial charge < -0.3 is 10.0 Å². The van der Waals surface area contributed by atoms with Crippen LogP contribution in [0.25, 0.3) is 0 Å². The summed E-state index contributed by atoms with van der Waals surface area (Å²) in [5.41, 5.74) is 0.810. The molecule has 0 heterocycles. The predicted molar refractivity (Wildman–Crippen MR) is 79.2 cm³/mol. The van der Waals surface area contributed by atoms with E-state index in [1.54, 1.807) is 0 Å². The monoisotopic (exact) mass is 283 g/mol. The van der Waals surface area contributed by atoms with Crippen molar-refractivity contribution >= 4 is 34.3 Å². The Bertz CT molecular complexity index is 431. The Morgan fingerprint density at radius 1 is 1.33 bits per heavy atom. The van der Waals surface area contributed by atoms with Crippen LogP contribution in [0, 0.1) is 0 Å². The highest BCUT2D eigenvalue weighted by Gasteiger charge is 2.11. The Kier molecular flexibility index (Phi) is 6.15. The first-order valence-electron chi connectivity index (χ1n) is 5.84. The molecule has 0 aliphatic rings. The molecule has 1 aromatic rings. The van der Waals surface area contributed by atoms with Gasteiger partial charge in [0.25, 0.3) is 0 Å². The molecule has 5 heteroatoms. The van der Waals surface area contributed by atoms with Gasteiger partial charge in [0.15, 0.2) is 0 Å². The molecule has 1 aromatic carbocycles. The van der Waals surface area contributed by atoms with Crippen molar-refractivity contribution in [1.82, 2.24) is 4.90 Å². The molecule has 0 radical (unpaired) electrons. The number of aliphatic carboxylic acids is 1. The van der Waals surface area contributed by atoms with E-state index >= 15 is 0 Å². The lowest BCUT2D eigenvalue weighted by Gasteiger charge is -2.21. The largest absolute Gasteiger partial charge is 0.481 e. The summed E-state index contributed by atoms with van der Waals surface area (Å²) in [6.45, 7) is 5.84. The fourth-order valence-corrected chi connectivity index (χ4v) is 3.07. The van der Waals surface area contributed by atoms with E-state index in [0.717, 1.165) is 27.9 Å². The number of benzene rings is 1. The van der Waals surface area contributed by atoms with Gasteiger partial charge in [-0.1, -0.05) is 42.2 Å². The lowest BCUT2D eigenvalue weighted by atomic mass is 10.1. The number of hydrogen-bond acceptors (Lipinski definition) is 3. The Labute approximate surface area is 117 Å². The van der Waals surface area contributed by atoms with Crippen LogP contribution in [0.3, 0.4) is 0 Å². The number of carboxylic acids is 1. The summed E-state index contributed by atoms with van der Waals surface area (Å²) < 4.78 is 0.790. The second-order valence-corrected chi connectivity index (χ2v) is 5.39. The van der Waals surface area contributed by atoms with Crippen molar-refractivity contribution in [3.05, 3.63) is 29.8 Å². The van der Waals surface area contributed by atoms with Gasteiger partial charge in [-0.15, -0.1) is 0 Å². The third-order valence-corrected chi connectivity index (χ3v) is 4.09. The van der Waals surface area contributed by atoms with Crippen LogP contribution in [-0.4, -0.2) is 33.4 Å². The third-order valence-electron chi connectivity index (χ3n) is 2.53. The molecule has 1 rings (SSSR count). The SMILES string of the molecule is CCN(CC)C(=S)Sc1ccccc1CC(=O)O. The normalized spacial score (nSPS) is 10.1. The van der Waals surface area contributed by atoms with Gasteiger partial charge in [-0.05, 0) is 25.5 Å². The van der Waals surface area contributed by atoms with E-state index in [4.69, 9.17) is 17.3 Å². The zero-order valence-corrected chi connectivity index (χ0v) is 12.2. The number of carboxylic acid groups (broad SMARTS) is 1. The van der Waals surface area contributed by atoms with E-state index in [9.17, 15) is 4.79 Å². The van der Waals surface area contributed by atoms with Gasteiger partial charge in [-0.25, -0.2) is 0 Å². The van der Waals surface area contributed by atoms with Gasteiger partial charge in [0.2, 0.25) is 0 Å². The molecule has 0 aliphatic carbocycles. The van der Waals surface area contributed by atoms with Crippen LogP contribution in [0.4, 0.5) is 0 Å². The molecule has 98 valence electrons. The minimum atomic E-state index is -0.822. The highest BCUT2D eigenvalue weighted by atomic mass is 32.2. The van der Waals surface area contributed by atoms with Crippen molar-refractivity contribution in [2.75, 3.05) is 13.1 Å². The average molecular weight is 283 g/mol. The van der Waals surface area contributed by atoms with Crippen molar-refractivity contribution in [2.24, 2.45) is 0 Å². The average Bonchev–Trinajstić information content (AvgIpc) is 2.32. The van der Waals surface area contributed by atoms with Crippen LogP contribution in [0.15, 0.2) is 29.2 Å². The first-order valence-corrected chi connectivity index (χ1v) is 7.07. The van der Waals surface area contributed by atoms with Crippen LogP contribution in [0.1, 0.15) is 19.4 Å². The van der Waals surface area contributed by atoms with Gasteiger partial charge in [0.1, 0.15) is 4.32 Å². The quantitative estimate of drug-likeness (QED) is 0.664. The summed E-state index contributed by atoms with van der Waals surface area (Å²) in [6, 6.07) is 7.50. The molecule has 1 N–H and O–H groups in total. The highest BCUT2D eigenvalue weighted by Crippen LogP contribution is 2.26. The van der Waals surface area contributed by atoms with Crippen molar-refractivity contribution < 1.29 is 9.90 Å². The summed E-state index contributed by atoms with van der Waals surface area (Å²) in [7, 11) is 0. The van der Waals surface area contributed by atoms with Crippen molar-refractivity contribution in [3.63, 3.8) is 0 Å². The Morgan fingerprint density at radius 3 is 2.50 bits per heavy atom. The van der Waals surface area contributed by atoms with Gasteiger partial charge >= 0.3 is 5.97 Å². The molecule has 0 saturated carbocycles. The summed E-state index contributed by atoms with van der Waals surface area (Å²) in [4.78, 5) is 13.8. The van der Waals surface area contributed by atoms with E-state index in [1.807, 2.05) is 24.3 Å². The maximum absolute atomic E-state index is 10.8. The van der Waals surface area contributed by atoms with Gasteiger partial charge in [0.05, 0.1) is 6.42 Å². The van der Waals surface area contributed by atoms with Crippen LogP contribution < -0.4 is 0 Å². The smallest absolute Gasteiger partial charge is 0.307 e. The third kappa shape index (κ3) is 4.31. The van der Waals surface area contributed by atoms with Crippen LogP contribution in [0.2, 0.25) is 0 Å². The summed E-state index contributed by atoms with van der Waals surface area (Å²) >= 11 is 6.83. The molecule has 0 spiro atoms. The highest BCUT2D eigenvalue weighted by molar-refractivity contribution is 8.23. The lowest BCUT2D eigenvalue weighted by Crippen LogP contribution is -2.26. The summed E-state index contributed by atoms with van der Waals surface area (Å²) in [5, 5.41) is 8.87. The zero-order chi connectivity index (χ0) is 13.5. The predicted octanol–water partition coefficient (Wildman–Crippen LogP) is 3.03. The first-order chi connectivity index (χ1) is 8.58.